The van der Waals surface area contributed by atoms with Crippen molar-refractivity contribution in [1.29, 1.82) is 0 Å². The van der Waals surface area contributed by atoms with E-state index in [0.717, 1.165) is 22.8 Å². The number of pyridine rings is 1. The molecule has 0 bridgehead atoms. The zero-order valence-electron chi connectivity index (χ0n) is 19.3. The van der Waals surface area contributed by atoms with Crippen LogP contribution in [-0.4, -0.2) is 25.2 Å². The van der Waals surface area contributed by atoms with E-state index < -0.39 is 26.8 Å². The lowest BCUT2D eigenvalue weighted by atomic mass is 9.93. The van der Waals surface area contributed by atoms with Crippen molar-refractivity contribution in [3.63, 3.8) is 0 Å². The van der Waals surface area contributed by atoms with Gasteiger partial charge in [0.15, 0.2) is 9.84 Å². The highest BCUT2D eigenvalue weighted by Crippen LogP contribution is 2.39. The van der Waals surface area contributed by atoms with Crippen molar-refractivity contribution in [3.8, 4) is 22.3 Å². The second-order valence-corrected chi connectivity index (χ2v) is 10.9. The summed E-state index contributed by atoms with van der Waals surface area (Å²) in [7, 11) is -3.54. The number of sulfone groups is 1. The predicted octanol–water partition coefficient (Wildman–Crippen LogP) is 6.41. The van der Waals surface area contributed by atoms with E-state index >= 15 is 0 Å². The third-order valence-electron chi connectivity index (χ3n) is 6.14. The van der Waals surface area contributed by atoms with E-state index in [9.17, 15) is 21.6 Å². The predicted molar refractivity (Wildman–Crippen MR) is 133 cm³/mol. The van der Waals surface area contributed by atoms with Crippen LogP contribution in [0.4, 0.5) is 13.2 Å². The van der Waals surface area contributed by atoms with Gasteiger partial charge in [-0.15, -0.1) is 0 Å². The van der Waals surface area contributed by atoms with E-state index in [1.807, 2.05) is 30.3 Å². The Morgan fingerprint density at radius 2 is 1.57 bits per heavy atom. The van der Waals surface area contributed by atoms with Gasteiger partial charge >= 0.3 is 6.18 Å². The highest BCUT2D eigenvalue weighted by Gasteiger charge is 2.33. The van der Waals surface area contributed by atoms with Crippen molar-refractivity contribution >= 4 is 20.7 Å². The molecule has 4 rings (SSSR count). The Bertz CT molecular complexity index is 1500. The Balaban J connectivity index is 1.84. The number of alkyl halides is 3. The molecule has 0 amide bonds. The van der Waals surface area contributed by atoms with Crippen LogP contribution < -0.4 is 5.73 Å². The topological polar surface area (TPSA) is 73.0 Å². The Labute approximate surface area is 202 Å². The average Bonchev–Trinajstić information content (AvgIpc) is 2.83. The van der Waals surface area contributed by atoms with E-state index in [-0.39, 0.29) is 17.0 Å². The van der Waals surface area contributed by atoms with Crippen LogP contribution in [0.5, 0.6) is 0 Å². The van der Waals surface area contributed by atoms with Crippen LogP contribution in [0, 0.1) is 6.92 Å². The molecule has 0 aliphatic carbocycles. The Morgan fingerprint density at radius 1 is 0.943 bits per heavy atom. The monoisotopic (exact) mass is 498 g/mol. The van der Waals surface area contributed by atoms with Crippen LogP contribution in [0.25, 0.3) is 33.2 Å². The molecule has 0 saturated heterocycles. The molecule has 4 nitrogen and oxygen atoms in total. The molecule has 0 aliphatic heterocycles. The number of aryl methyl sites for hydroxylation is 1. The Kier molecular flexibility index (Phi) is 6.71. The van der Waals surface area contributed by atoms with E-state index in [1.54, 1.807) is 38.1 Å². The number of fused-ring (bicyclic) bond motifs is 1. The van der Waals surface area contributed by atoms with Crippen LogP contribution in [0.15, 0.2) is 77.8 Å². The molecule has 8 heteroatoms. The smallest absolute Gasteiger partial charge is 0.330 e. The van der Waals surface area contributed by atoms with Crippen LogP contribution >= 0.6 is 0 Å². The first-order chi connectivity index (χ1) is 16.5. The largest absolute Gasteiger partial charge is 0.418 e. The highest BCUT2D eigenvalue weighted by molar-refractivity contribution is 7.92. The quantitative estimate of drug-likeness (QED) is 0.334. The zero-order chi connectivity index (χ0) is 25.4. The molecule has 1 heterocycles. The normalized spacial score (nSPS) is 13.2. The number of nitrogens with two attached hydrogens (primary N) is 1. The Hall–Kier alpha value is -3.23. The third-order valence-corrected chi connectivity index (χ3v) is 8.35. The maximum Gasteiger partial charge on any atom is 0.418 e. The van der Waals surface area contributed by atoms with E-state index in [2.05, 4.69) is 4.98 Å². The van der Waals surface area contributed by atoms with Gasteiger partial charge in [-0.1, -0.05) is 42.5 Å². The molecule has 1 atom stereocenters. The molecule has 35 heavy (non-hydrogen) atoms. The SMILES string of the molecule is Cc1cnc2c(C(F)(F)F)cccc2c1-c1cccc(-c2cccc(S(=O)(=O)C(C)CCN)c2)c1. The molecule has 4 aromatic rings. The number of aromatic nitrogens is 1. The zero-order valence-corrected chi connectivity index (χ0v) is 20.1. The van der Waals surface area contributed by atoms with E-state index in [1.165, 1.54) is 12.3 Å². The number of halogens is 3. The third kappa shape index (κ3) is 4.81. The molecule has 3 aromatic carbocycles. The molecule has 0 fully saturated rings. The van der Waals surface area contributed by atoms with Crippen molar-refractivity contribution in [3.05, 3.63) is 84.1 Å². The van der Waals surface area contributed by atoms with Gasteiger partial charge in [0.1, 0.15) is 0 Å². The minimum atomic E-state index is -4.52. The lowest BCUT2D eigenvalue weighted by Gasteiger charge is -2.15. The summed E-state index contributed by atoms with van der Waals surface area (Å²) in [4.78, 5) is 4.30. The number of para-hydroxylation sites is 1. The van der Waals surface area contributed by atoms with Crippen LogP contribution in [0.1, 0.15) is 24.5 Å². The molecule has 0 saturated carbocycles. The number of rotatable bonds is 6. The molecular formula is C27H25F3N2O2S. The first-order valence-corrected chi connectivity index (χ1v) is 12.7. The summed E-state index contributed by atoms with van der Waals surface area (Å²) in [6, 6.07) is 18.1. The summed E-state index contributed by atoms with van der Waals surface area (Å²) >= 11 is 0. The first kappa shape index (κ1) is 24.9. The first-order valence-electron chi connectivity index (χ1n) is 11.1. The summed E-state index contributed by atoms with van der Waals surface area (Å²) in [6.07, 6.45) is -2.71. The number of benzene rings is 3. The Morgan fingerprint density at radius 3 is 2.26 bits per heavy atom. The maximum atomic E-state index is 13.6. The van der Waals surface area contributed by atoms with Crippen molar-refractivity contribution in [2.24, 2.45) is 5.73 Å². The highest BCUT2D eigenvalue weighted by atomic mass is 32.2. The van der Waals surface area contributed by atoms with Crippen LogP contribution in [-0.2, 0) is 16.0 Å². The number of hydrogen-bond donors (Lipinski definition) is 1. The molecule has 2 N–H and O–H groups in total. The van der Waals surface area contributed by atoms with Crippen molar-refractivity contribution in [1.82, 2.24) is 4.98 Å². The minimum Gasteiger partial charge on any atom is -0.330 e. The van der Waals surface area contributed by atoms with Gasteiger partial charge in [-0.3, -0.25) is 4.98 Å². The van der Waals surface area contributed by atoms with Gasteiger partial charge < -0.3 is 5.73 Å². The molecule has 1 aromatic heterocycles. The van der Waals surface area contributed by atoms with Crippen LogP contribution in [0.2, 0.25) is 0 Å². The molecule has 0 spiro atoms. The average molecular weight is 499 g/mol. The van der Waals surface area contributed by atoms with Gasteiger partial charge in [-0.2, -0.15) is 13.2 Å². The van der Waals surface area contributed by atoms with E-state index in [4.69, 9.17) is 5.73 Å². The van der Waals surface area contributed by atoms with Gasteiger partial charge in [-0.25, -0.2) is 8.42 Å². The summed E-state index contributed by atoms with van der Waals surface area (Å²) in [5.74, 6) is 0. The number of hydrogen-bond acceptors (Lipinski definition) is 4. The summed E-state index contributed by atoms with van der Waals surface area (Å²) in [5.41, 5.74) is 8.22. The van der Waals surface area contributed by atoms with E-state index in [0.29, 0.717) is 22.9 Å². The van der Waals surface area contributed by atoms with Gasteiger partial charge in [0.2, 0.25) is 0 Å². The summed E-state index contributed by atoms with van der Waals surface area (Å²) in [5, 5.41) is -0.202. The van der Waals surface area contributed by atoms with Gasteiger partial charge in [0.05, 0.1) is 21.2 Å². The molecular weight excluding hydrogens is 473 g/mol. The standard InChI is InChI=1S/C27H25F3N2O2S/c1-17-16-32-26-23(10-5-11-24(26)27(28,29)30)25(17)21-8-3-6-19(14-21)20-7-4-9-22(15-20)35(33,34)18(2)12-13-31/h3-11,14-16,18H,12-13,31H2,1-2H3. The summed E-state index contributed by atoms with van der Waals surface area (Å²) < 4.78 is 66.6. The minimum absolute atomic E-state index is 0.104. The molecule has 0 aliphatic rings. The lowest BCUT2D eigenvalue weighted by Crippen LogP contribution is -2.21. The number of nitrogens with zero attached hydrogens (tertiary/aromatic N) is 1. The molecule has 0 radical (unpaired) electrons. The fourth-order valence-electron chi connectivity index (χ4n) is 4.26. The van der Waals surface area contributed by atoms with Gasteiger partial charge in [0, 0.05) is 11.6 Å². The van der Waals surface area contributed by atoms with Crippen molar-refractivity contribution in [2.75, 3.05) is 6.54 Å². The second kappa shape index (κ2) is 9.43. The lowest BCUT2D eigenvalue weighted by molar-refractivity contribution is -0.136. The maximum absolute atomic E-state index is 13.6. The van der Waals surface area contributed by atoms with Gasteiger partial charge in [0.25, 0.3) is 0 Å². The summed E-state index contributed by atoms with van der Waals surface area (Å²) in [6.45, 7) is 3.72. The second-order valence-electron chi connectivity index (χ2n) is 8.56. The molecule has 182 valence electrons. The fraction of sp³-hybridized carbons (Fsp3) is 0.222. The molecule has 1 unspecified atom stereocenters. The van der Waals surface area contributed by atoms with Crippen LogP contribution in [0.3, 0.4) is 0 Å². The van der Waals surface area contributed by atoms with Gasteiger partial charge in [-0.05, 0) is 78.9 Å². The van der Waals surface area contributed by atoms with Crippen molar-refractivity contribution in [2.45, 2.75) is 36.6 Å². The van der Waals surface area contributed by atoms with Crippen molar-refractivity contribution < 1.29 is 21.6 Å². The fourth-order valence-corrected chi connectivity index (χ4v) is 5.73.